The van der Waals surface area contributed by atoms with Crippen molar-refractivity contribution in [1.82, 2.24) is 14.1 Å². The number of carbonyl (C=O) groups is 1. The van der Waals surface area contributed by atoms with E-state index in [-0.39, 0.29) is 22.3 Å². The SMILES string of the molecule is Cc1ccc(-n2nc(C(C)(C)C)cc2NC(=O)Nc2ccc(CC3CCN(S(=O)(=O)c4ccc(F)c(F)c4)CC3)cc2)cc1. The van der Waals surface area contributed by atoms with Crippen LogP contribution >= 0.6 is 0 Å². The number of halogens is 2. The summed E-state index contributed by atoms with van der Waals surface area (Å²) in [5.41, 5.74) is 4.34. The Morgan fingerprint density at radius 2 is 1.57 bits per heavy atom. The molecule has 8 nitrogen and oxygen atoms in total. The van der Waals surface area contributed by atoms with Crippen molar-refractivity contribution in [2.45, 2.75) is 57.3 Å². The lowest BCUT2D eigenvalue weighted by molar-refractivity contribution is 0.262. The minimum absolute atomic E-state index is 0.203. The van der Waals surface area contributed by atoms with Crippen LogP contribution in [0, 0.1) is 24.5 Å². The lowest BCUT2D eigenvalue weighted by atomic mass is 9.91. The van der Waals surface area contributed by atoms with Gasteiger partial charge in [0.15, 0.2) is 11.6 Å². The van der Waals surface area contributed by atoms with Crippen molar-refractivity contribution < 1.29 is 22.0 Å². The van der Waals surface area contributed by atoms with Crippen LogP contribution in [0.5, 0.6) is 0 Å². The van der Waals surface area contributed by atoms with Crippen LogP contribution in [-0.4, -0.2) is 41.6 Å². The predicted molar refractivity (Wildman–Crippen MR) is 168 cm³/mol. The first-order chi connectivity index (χ1) is 20.8. The molecule has 1 fully saturated rings. The molecule has 0 bridgehead atoms. The number of nitrogens with zero attached hydrogens (tertiary/aromatic N) is 3. The number of hydrogen-bond acceptors (Lipinski definition) is 4. The minimum Gasteiger partial charge on any atom is -0.308 e. The monoisotopic (exact) mass is 621 g/mol. The van der Waals surface area contributed by atoms with Crippen molar-refractivity contribution in [3.63, 3.8) is 0 Å². The Bertz CT molecular complexity index is 1740. The predicted octanol–water partition coefficient (Wildman–Crippen LogP) is 7.04. The van der Waals surface area contributed by atoms with Crippen molar-refractivity contribution in [2.24, 2.45) is 5.92 Å². The second-order valence-corrected chi connectivity index (χ2v) is 14.3. The van der Waals surface area contributed by atoms with Gasteiger partial charge in [0, 0.05) is 30.3 Å². The van der Waals surface area contributed by atoms with Crippen LogP contribution in [0.25, 0.3) is 5.69 Å². The highest BCUT2D eigenvalue weighted by molar-refractivity contribution is 7.89. The molecule has 0 unspecified atom stereocenters. The van der Waals surface area contributed by atoms with Gasteiger partial charge in [-0.2, -0.15) is 9.40 Å². The molecule has 1 aliphatic rings. The topological polar surface area (TPSA) is 96.3 Å². The molecule has 0 radical (unpaired) electrons. The number of amides is 2. The molecule has 0 aliphatic carbocycles. The summed E-state index contributed by atoms with van der Waals surface area (Å²) in [5, 5.41) is 10.6. The van der Waals surface area contributed by atoms with Crippen molar-refractivity contribution in [2.75, 3.05) is 23.7 Å². The fourth-order valence-corrected chi connectivity index (χ4v) is 6.68. The number of sulfonamides is 1. The summed E-state index contributed by atoms with van der Waals surface area (Å²) in [7, 11) is -3.89. The maximum Gasteiger partial charge on any atom is 0.324 e. The van der Waals surface area contributed by atoms with E-state index in [0.29, 0.717) is 37.4 Å². The molecule has 2 amide bonds. The first-order valence-electron chi connectivity index (χ1n) is 14.6. The van der Waals surface area contributed by atoms with Gasteiger partial charge in [0.1, 0.15) is 5.82 Å². The standard InChI is InChI=1S/C33H37F2N5O3S/c1-22-5-11-26(12-6-22)40-31(21-30(38-40)33(2,3)4)37-32(41)36-25-9-7-23(8-10-25)19-24-15-17-39(18-16-24)44(42,43)27-13-14-28(34)29(35)20-27/h5-14,20-21,24H,15-19H2,1-4H3,(H2,36,37,41). The third-order valence-corrected chi connectivity index (χ3v) is 9.73. The Morgan fingerprint density at radius 1 is 0.909 bits per heavy atom. The van der Waals surface area contributed by atoms with Crippen molar-refractivity contribution in [3.05, 3.63) is 101 Å². The van der Waals surface area contributed by atoms with E-state index in [4.69, 9.17) is 5.10 Å². The number of nitrogens with one attached hydrogen (secondary N) is 2. The maximum absolute atomic E-state index is 13.6. The summed E-state index contributed by atoms with van der Waals surface area (Å²) in [5.74, 6) is -1.43. The molecule has 1 aromatic heterocycles. The van der Waals surface area contributed by atoms with E-state index in [1.54, 1.807) is 4.68 Å². The molecule has 4 aromatic rings. The van der Waals surface area contributed by atoms with Gasteiger partial charge in [-0.05, 0) is 80.1 Å². The Morgan fingerprint density at radius 3 is 2.18 bits per heavy atom. The molecule has 1 saturated heterocycles. The van der Waals surface area contributed by atoms with E-state index in [9.17, 15) is 22.0 Å². The second kappa shape index (κ2) is 12.5. The third-order valence-electron chi connectivity index (χ3n) is 7.84. The van der Waals surface area contributed by atoms with Gasteiger partial charge in [0.25, 0.3) is 0 Å². The van der Waals surface area contributed by atoms with E-state index < -0.39 is 21.7 Å². The highest BCUT2D eigenvalue weighted by Crippen LogP contribution is 2.29. The summed E-state index contributed by atoms with van der Waals surface area (Å²) in [6.07, 6.45) is 2.06. The molecule has 11 heteroatoms. The number of urea groups is 1. The van der Waals surface area contributed by atoms with Crippen molar-refractivity contribution in [3.8, 4) is 5.69 Å². The van der Waals surface area contributed by atoms with Gasteiger partial charge in [-0.1, -0.05) is 50.6 Å². The normalized spacial score (nSPS) is 14.9. The zero-order valence-corrected chi connectivity index (χ0v) is 26.1. The van der Waals surface area contributed by atoms with Gasteiger partial charge < -0.3 is 5.32 Å². The molecular weight excluding hydrogens is 584 g/mol. The van der Waals surface area contributed by atoms with E-state index in [1.807, 2.05) is 61.5 Å². The average molecular weight is 622 g/mol. The summed E-state index contributed by atoms with van der Waals surface area (Å²) >= 11 is 0. The van der Waals surface area contributed by atoms with Crippen molar-refractivity contribution >= 4 is 27.6 Å². The molecule has 0 spiro atoms. The van der Waals surface area contributed by atoms with Gasteiger partial charge in [0.05, 0.1) is 16.3 Å². The molecule has 0 atom stereocenters. The summed E-state index contributed by atoms with van der Waals surface area (Å²) in [6.45, 7) is 8.84. The minimum atomic E-state index is -3.89. The number of rotatable bonds is 7. The number of aromatic nitrogens is 2. The number of hydrogen-bond donors (Lipinski definition) is 2. The fraction of sp³-hybridized carbons (Fsp3) is 0.333. The molecule has 3 aromatic carbocycles. The quantitative estimate of drug-likeness (QED) is 0.231. The van der Waals surface area contributed by atoms with Crippen LogP contribution < -0.4 is 10.6 Å². The highest BCUT2D eigenvalue weighted by Gasteiger charge is 2.30. The van der Waals surface area contributed by atoms with E-state index in [0.717, 1.165) is 47.1 Å². The Kier molecular flexibility index (Phi) is 8.90. The zero-order valence-electron chi connectivity index (χ0n) is 25.3. The van der Waals surface area contributed by atoms with Gasteiger partial charge in [0.2, 0.25) is 10.0 Å². The Balaban J connectivity index is 1.17. The first kappa shape index (κ1) is 31.3. The summed E-state index contributed by atoms with van der Waals surface area (Å²) in [6, 6.07) is 19.7. The number of piperidine rings is 1. The largest absolute Gasteiger partial charge is 0.324 e. The fourth-order valence-electron chi connectivity index (χ4n) is 5.20. The Hall–Kier alpha value is -4.09. The van der Waals surface area contributed by atoms with Gasteiger partial charge >= 0.3 is 6.03 Å². The molecule has 2 N–H and O–H groups in total. The summed E-state index contributed by atoms with van der Waals surface area (Å²) < 4.78 is 55.8. The van der Waals surface area contributed by atoms with Gasteiger partial charge in [-0.15, -0.1) is 0 Å². The number of aryl methyl sites for hydroxylation is 1. The molecule has 1 aliphatic heterocycles. The van der Waals surface area contributed by atoms with E-state index in [1.165, 1.54) is 4.31 Å². The lowest BCUT2D eigenvalue weighted by Gasteiger charge is -2.31. The molecule has 5 rings (SSSR count). The van der Waals surface area contributed by atoms with E-state index >= 15 is 0 Å². The van der Waals surface area contributed by atoms with Crippen LogP contribution in [0.15, 0.2) is 77.7 Å². The second-order valence-electron chi connectivity index (χ2n) is 12.3. The van der Waals surface area contributed by atoms with Crippen molar-refractivity contribution in [1.29, 1.82) is 0 Å². The van der Waals surface area contributed by atoms with Crippen LogP contribution in [0.1, 0.15) is 50.4 Å². The van der Waals surface area contributed by atoms with Crippen LogP contribution in [0.4, 0.5) is 25.1 Å². The number of anilines is 2. The first-order valence-corrected chi connectivity index (χ1v) is 16.0. The molecule has 232 valence electrons. The highest BCUT2D eigenvalue weighted by atomic mass is 32.2. The average Bonchev–Trinajstić information content (AvgIpc) is 3.40. The Labute approximate surface area is 257 Å². The van der Waals surface area contributed by atoms with Crippen LogP contribution in [-0.2, 0) is 21.9 Å². The molecular formula is C33H37F2N5O3S. The maximum atomic E-state index is 13.6. The van der Waals surface area contributed by atoms with E-state index in [2.05, 4.69) is 31.4 Å². The number of carbonyl (C=O) groups excluding carboxylic acids is 1. The number of benzene rings is 3. The molecule has 2 heterocycles. The lowest BCUT2D eigenvalue weighted by Crippen LogP contribution is -2.38. The van der Waals surface area contributed by atoms with Crippen LogP contribution in [0.2, 0.25) is 0 Å². The zero-order chi connectivity index (χ0) is 31.6. The van der Waals surface area contributed by atoms with Gasteiger partial charge in [-0.3, -0.25) is 5.32 Å². The third kappa shape index (κ3) is 7.16. The molecule has 0 saturated carbocycles. The van der Waals surface area contributed by atoms with Crippen LogP contribution in [0.3, 0.4) is 0 Å². The smallest absolute Gasteiger partial charge is 0.308 e. The van der Waals surface area contributed by atoms with Gasteiger partial charge in [-0.25, -0.2) is 26.7 Å². The molecule has 44 heavy (non-hydrogen) atoms. The summed E-state index contributed by atoms with van der Waals surface area (Å²) in [4.78, 5) is 12.7.